The maximum Gasteiger partial charge on any atom is 0.227 e. The molecule has 0 bridgehead atoms. The number of nitrogens with one attached hydrogen (secondary N) is 1. The summed E-state index contributed by atoms with van der Waals surface area (Å²) in [5, 5.41) is 6.55. The zero-order valence-corrected chi connectivity index (χ0v) is 12.1. The van der Waals surface area contributed by atoms with Gasteiger partial charge in [0.2, 0.25) is 17.6 Å². The number of carbonyl (C=O) groups is 1. The summed E-state index contributed by atoms with van der Waals surface area (Å²) in [7, 11) is 0. The van der Waals surface area contributed by atoms with Gasteiger partial charge in [0, 0.05) is 19.4 Å². The number of nitrogens with zero attached hydrogens (tertiary/aromatic N) is 2. The van der Waals surface area contributed by atoms with Gasteiger partial charge in [-0.15, -0.1) is 0 Å². The molecule has 0 unspecified atom stereocenters. The van der Waals surface area contributed by atoms with Crippen LogP contribution in [0.2, 0.25) is 0 Å². The molecule has 1 heterocycles. The van der Waals surface area contributed by atoms with Crippen molar-refractivity contribution < 1.29 is 13.7 Å². The van der Waals surface area contributed by atoms with Crippen molar-refractivity contribution in [1.82, 2.24) is 15.5 Å². The van der Waals surface area contributed by atoms with Gasteiger partial charge in [-0.25, -0.2) is 4.39 Å². The maximum atomic E-state index is 13.6. The summed E-state index contributed by atoms with van der Waals surface area (Å²) in [6.45, 7) is 4.70. The number of hydrogen-bond donors (Lipinski definition) is 1. The number of halogens is 1. The van der Waals surface area contributed by atoms with E-state index in [1.54, 1.807) is 18.2 Å². The van der Waals surface area contributed by atoms with Crippen molar-refractivity contribution in [3.63, 3.8) is 0 Å². The van der Waals surface area contributed by atoms with Crippen molar-refractivity contribution in [2.24, 2.45) is 5.92 Å². The lowest BCUT2D eigenvalue weighted by Crippen LogP contribution is -2.27. The molecule has 0 aliphatic rings. The van der Waals surface area contributed by atoms with Crippen molar-refractivity contribution in [2.45, 2.75) is 26.7 Å². The highest BCUT2D eigenvalue weighted by Gasteiger charge is 2.13. The van der Waals surface area contributed by atoms with E-state index >= 15 is 0 Å². The monoisotopic (exact) mass is 291 g/mol. The Hall–Kier alpha value is -2.24. The molecule has 6 heteroatoms. The van der Waals surface area contributed by atoms with E-state index < -0.39 is 5.82 Å². The molecule has 1 aromatic carbocycles. The van der Waals surface area contributed by atoms with Gasteiger partial charge in [0.05, 0.1) is 5.56 Å². The summed E-state index contributed by atoms with van der Waals surface area (Å²) in [4.78, 5) is 15.7. The van der Waals surface area contributed by atoms with E-state index in [0.29, 0.717) is 24.8 Å². The van der Waals surface area contributed by atoms with E-state index in [1.807, 2.05) is 13.8 Å². The molecule has 0 saturated carbocycles. The first-order valence-electron chi connectivity index (χ1n) is 6.90. The van der Waals surface area contributed by atoms with Crippen LogP contribution in [0.1, 0.15) is 26.2 Å². The first kappa shape index (κ1) is 15.2. The Morgan fingerprint density at radius 3 is 2.86 bits per heavy atom. The average Bonchev–Trinajstić information content (AvgIpc) is 2.92. The molecular formula is C15H18FN3O2. The third kappa shape index (κ3) is 4.37. The number of carbonyl (C=O) groups excluding carboxylic acids is 1. The largest absolute Gasteiger partial charge is 0.356 e. The molecule has 112 valence electrons. The third-order valence-corrected chi connectivity index (χ3v) is 2.86. The Balaban J connectivity index is 1.92. The van der Waals surface area contributed by atoms with Crippen LogP contribution in [0, 0.1) is 11.7 Å². The van der Waals surface area contributed by atoms with Crippen LogP contribution < -0.4 is 5.32 Å². The van der Waals surface area contributed by atoms with Crippen LogP contribution >= 0.6 is 0 Å². The normalized spacial score (nSPS) is 10.9. The van der Waals surface area contributed by atoms with E-state index in [9.17, 15) is 9.18 Å². The van der Waals surface area contributed by atoms with E-state index in [1.165, 1.54) is 6.07 Å². The molecule has 1 N–H and O–H groups in total. The lowest BCUT2D eigenvalue weighted by atomic mass is 10.2. The first-order valence-corrected chi connectivity index (χ1v) is 6.90. The zero-order valence-electron chi connectivity index (χ0n) is 12.1. The quantitative estimate of drug-likeness (QED) is 0.888. The van der Waals surface area contributed by atoms with Gasteiger partial charge in [-0.05, 0) is 18.1 Å². The van der Waals surface area contributed by atoms with E-state index in [-0.39, 0.29) is 23.7 Å². The van der Waals surface area contributed by atoms with Gasteiger partial charge in [0.1, 0.15) is 5.82 Å². The predicted molar refractivity (Wildman–Crippen MR) is 75.9 cm³/mol. The Labute approximate surface area is 122 Å². The lowest BCUT2D eigenvalue weighted by molar-refractivity contribution is -0.121. The molecular weight excluding hydrogens is 273 g/mol. The van der Waals surface area contributed by atoms with Gasteiger partial charge in [0.25, 0.3) is 0 Å². The summed E-state index contributed by atoms with van der Waals surface area (Å²) >= 11 is 0. The van der Waals surface area contributed by atoms with Gasteiger partial charge in [-0.3, -0.25) is 4.79 Å². The van der Waals surface area contributed by atoms with Gasteiger partial charge >= 0.3 is 0 Å². The molecule has 2 rings (SSSR count). The molecule has 21 heavy (non-hydrogen) atoms. The summed E-state index contributed by atoms with van der Waals surface area (Å²) in [6.07, 6.45) is 0.608. The number of rotatable bonds is 6. The van der Waals surface area contributed by atoms with Crippen LogP contribution in [0.5, 0.6) is 0 Å². The average molecular weight is 291 g/mol. The van der Waals surface area contributed by atoms with Gasteiger partial charge in [-0.2, -0.15) is 4.98 Å². The van der Waals surface area contributed by atoms with Crippen LogP contribution in [0.15, 0.2) is 28.8 Å². The number of aryl methyl sites for hydroxylation is 1. The molecule has 0 aliphatic heterocycles. The Morgan fingerprint density at radius 2 is 2.14 bits per heavy atom. The lowest BCUT2D eigenvalue weighted by Gasteiger charge is -2.06. The molecule has 1 amide bonds. The third-order valence-electron chi connectivity index (χ3n) is 2.86. The van der Waals surface area contributed by atoms with Gasteiger partial charge in [-0.1, -0.05) is 31.1 Å². The van der Waals surface area contributed by atoms with Crippen LogP contribution in [-0.4, -0.2) is 22.6 Å². The fourth-order valence-corrected chi connectivity index (χ4v) is 1.74. The van der Waals surface area contributed by atoms with Crippen molar-refractivity contribution in [2.75, 3.05) is 6.54 Å². The smallest absolute Gasteiger partial charge is 0.227 e. The number of hydrogen-bond acceptors (Lipinski definition) is 4. The fraction of sp³-hybridized carbons (Fsp3) is 0.400. The van der Waals surface area contributed by atoms with E-state index in [0.717, 1.165) is 0 Å². The van der Waals surface area contributed by atoms with Crippen LogP contribution in [0.25, 0.3) is 11.4 Å². The molecule has 0 radical (unpaired) electrons. The molecule has 0 fully saturated rings. The van der Waals surface area contributed by atoms with Crippen molar-refractivity contribution >= 4 is 5.91 Å². The molecule has 0 atom stereocenters. The van der Waals surface area contributed by atoms with Crippen molar-refractivity contribution in [3.8, 4) is 11.4 Å². The Bertz CT molecular complexity index is 610. The van der Waals surface area contributed by atoms with E-state index in [4.69, 9.17) is 4.52 Å². The van der Waals surface area contributed by atoms with Gasteiger partial charge in [0.15, 0.2) is 0 Å². The zero-order chi connectivity index (χ0) is 15.2. The number of benzene rings is 1. The van der Waals surface area contributed by atoms with Crippen LogP contribution in [0.3, 0.4) is 0 Å². The molecule has 1 aromatic heterocycles. The Morgan fingerprint density at radius 1 is 1.38 bits per heavy atom. The standard InChI is InChI=1S/C15H18FN3O2/c1-10(2)9-17-13(20)7-8-14-18-15(19-21-14)11-5-3-4-6-12(11)16/h3-6,10H,7-9H2,1-2H3,(H,17,20). The number of aromatic nitrogens is 2. The van der Waals surface area contributed by atoms with Crippen molar-refractivity contribution in [1.29, 1.82) is 0 Å². The minimum atomic E-state index is -0.403. The second kappa shape index (κ2) is 6.97. The second-order valence-electron chi connectivity index (χ2n) is 5.19. The Kier molecular flexibility index (Phi) is 5.03. The fourth-order valence-electron chi connectivity index (χ4n) is 1.74. The first-order chi connectivity index (χ1) is 10.1. The second-order valence-corrected chi connectivity index (χ2v) is 5.19. The highest BCUT2D eigenvalue weighted by Crippen LogP contribution is 2.19. The molecule has 0 aliphatic carbocycles. The summed E-state index contributed by atoms with van der Waals surface area (Å²) in [6, 6.07) is 6.22. The SMILES string of the molecule is CC(C)CNC(=O)CCc1nc(-c2ccccc2F)no1. The molecule has 0 spiro atoms. The predicted octanol–water partition coefficient (Wildman–Crippen LogP) is 2.58. The molecule has 0 saturated heterocycles. The minimum absolute atomic E-state index is 0.0608. The summed E-state index contributed by atoms with van der Waals surface area (Å²) < 4.78 is 18.6. The summed E-state index contributed by atoms with van der Waals surface area (Å²) in [5.41, 5.74) is 0.289. The topological polar surface area (TPSA) is 68.0 Å². The number of amides is 1. The van der Waals surface area contributed by atoms with Gasteiger partial charge < -0.3 is 9.84 Å². The van der Waals surface area contributed by atoms with E-state index in [2.05, 4.69) is 15.5 Å². The highest BCUT2D eigenvalue weighted by molar-refractivity contribution is 5.76. The maximum absolute atomic E-state index is 13.6. The summed E-state index contributed by atoms with van der Waals surface area (Å²) in [5.74, 6) is 0.470. The molecule has 2 aromatic rings. The van der Waals surface area contributed by atoms with Crippen molar-refractivity contribution in [3.05, 3.63) is 36.0 Å². The van der Waals surface area contributed by atoms with Crippen LogP contribution in [-0.2, 0) is 11.2 Å². The minimum Gasteiger partial charge on any atom is -0.356 e. The molecule has 5 nitrogen and oxygen atoms in total. The highest BCUT2D eigenvalue weighted by atomic mass is 19.1. The van der Waals surface area contributed by atoms with Crippen LogP contribution in [0.4, 0.5) is 4.39 Å².